The third-order valence-corrected chi connectivity index (χ3v) is 5.08. The van der Waals surface area contributed by atoms with Crippen molar-refractivity contribution in [2.75, 3.05) is 11.9 Å². The maximum atomic E-state index is 12.6. The summed E-state index contributed by atoms with van der Waals surface area (Å²) in [5.74, 6) is -1.78. The number of aryl methyl sites for hydroxylation is 1. The molecule has 0 aromatic heterocycles. The average Bonchev–Trinajstić information content (AvgIpc) is 2.80. The van der Waals surface area contributed by atoms with Crippen molar-refractivity contribution in [3.8, 4) is 0 Å². The summed E-state index contributed by atoms with van der Waals surface area (Å²) < 4.78 is 0. The van der Waals surface area contributed by atoms with E-state index >= 15 is 0 Å². The monoisotopic (exact) mass is 423 g/mol. The fourth-order valence-electron chi connectivity index (χ4n) is 3.15. The lowest BCUT2D eigenvalue weighted by atomic mass is 10.1. The zero-order valence-corrected chi connectivity index (χ0v) is 18.5. The molecule has 0 radical (unpaired) electrons. The molecule has 0 heterocycles. The van der Waals surface area contributed by atoms with Crippen LogP contribution >= 0.6 is 0 Å². The highest BCUT2D eigenvalue weighted by atomic mass is 16.2. The smallest absolute Gasteiger partial charge is 0.313 e. The predicted molar refractivity (Wildman–Crippen MR) is 124 cm³/mol. The van der Waals surface area contributed by atoms with E-state index in [1.807, 2.05) is 24.3 Å². The Balaban J connectivity index is 1.87. The number of nitrogens with one attached hydrogen (secondary N) is 3. The Morgan fingerprint density at radius 1 is 0.742 bits per heavy atom. The normalized spacial score (nSPS) is 10.4. The van der Waals surface area contributed by atoms with Crippen LogP contribution in [-0.2, 0) is 22.6 Å². The van der Waals surface area contributed by atoms with Gasteiger partial charge >= 0.3 is 11.8 Å². The quantitative estimate of drug-likeness (QED) is 0.374. The van der Waals surface area contributed by atoms with Gasteiger partial charge in [-0.3, -0.25) is 14.4 Å². The van der Waals surface area contributed by atoms with Crippen LogP contribution in [0, 0.1) is 0 Å². The van der Waals surface area contributed by atoms with E-state index in [1.54, 1.807) is 24.3 Å². The molecule has 0 saturated heterocycles. The molecule has 0 unspecified atom stereocenters. The lowest BCUT2D eigenvalue weighted by molar-refractivity contribution is -0.136. The Morgan fingerprint density at radius 3 is 2.13 bits per heavy atom. The van der Waals surface area contributed by atoms with Gasteiger partial charge in [0.2, 0.25) is 0 Å². The number of carbonyl (C=O) groups is 3. The van der Waals surface area contributed by atoms with Gasteiger partial charge in [-0.1, -0.05) is 75.9 Å². The predicted octanol–water partition coefficient (Wildman–Crippen LogP) is 4.20. The summed E-state index contributed by atoms with van der Waals surface area (Å²) in [6.45, 7) is 5.09. The molecule has 166 valence electrons. The highest BCUT2D eigenvalue weighted by Crippen LogP contribution is 2.15. The van der Waals surface area contributed by atoms with Crippen molar-refractivity contribution in [2.45, 2.75) is 58.9 Å². The number of amides is 3. The van der Waals surface area contributed by atoms with Crippen LogP contribution < -0.4 is 16.0 Å². The molecule has 3 N–H and O–H groups in total. The average molecular weight is 424 g/mol. The summed E-state index contributed by atoms with van der Waals surface area (Å²) in [6, 6.07) is 14.7. The molecule has 31 heavy (non-hydrogen) atoms. The van der Waals surface area contributed by atoms with Crippen LogP contribution in [0.3, 0.4) is 0 Å². The van der Waals surface area contributed by atoms with Gasteiger partial charge in [-0.15, -0.1) is 0 Å². The molecule has 2 aromatic rings. The van der Waals surface area contributed by atoms with E-state index in [-0.39, 0.29) is 5.91 Å². The second-order valence-electron chi connectivity index (χ2n) is 7.52. The van der Waals surface area contributed by atoms with Crippen LogP contribution in [-0.4, -0.2) is 24.3 Å². The van der Waals surface area contributed by atoms with Gasteiger partial charge in [0.25, 0.3) is 5.91 Å². The van der Waals surface area contributed by atoms with Gasteiger partial charge in [0.1, 0.15) is 0 Å². The number of unbranched alkanes of at least 4 members (excludes halogenated alkanes) is 4. The second-order valence-corrected chi connectivity index (χ2v) is 7.52. The van der Waals surface area contributed by atoms with Crippen molar-refractivity contribution in [3.05, 3.63) is 65.2 Å². The summed E-state index contributed by atoms with van der Waals surface area (Å²) in [5.41, 5.74) is 2.85. The van der Waals surface area contributed by atoms with E-state index in [1.165, 1.54) is 12.0 Å². The Hall–Kier alpha value is -3.15. The van der Waals surface area contributed by atoms with Gasteiger partial charge in [0, 0.05) is 13.1 Å². The molecule has 0 atom stereocenters. The van der Waals surface area contributed by atoms with Crippen LogP contribution in [0.5, 0.6) is 0 Å². The van der Waals surface area contributed by atoms with E-state index in [9.17, 15) is 14.4 Å². The minimum Gasteiger partial charge on any atom is -0.348 e. The minimum absolute atomic E-state index is 0.310. The molecule has 6 nitrogen and oxygen atoms in total. The highest BCUT2D eigenvalue weighted by molar-refractivity contribution is 6.40. The molecule has 0 aliphatic rings. The van der Waals surface area contributed by atoms with Gasteiger partial charge in [-0.25, -0.2) is 0 Å². The van der Waals surface area contributed by atoms with E-state index in [0.717, 1.165) is 37.7 Å². The third-order valence-electron chi connectivity index (χ3n) is 5.08. The summed E-state index contributed by atoms with van der Waals surface area (Å²) in [4.78, 5) is 36.9. The van der Waals surface area contributed by atoms with Crippen LogP contribution in [0.2, 0.25) is 0 Å². The molecule has 0 saturated carbocycles. The second kappa shape index (κ2) is 13.2. The number of hydrogen-bond donors (Lipinski definition) is 3. The zero-order valence-electron chi connectivity index (χ0n) is 18.5. The topological polar surface area (TPSA) is 87.3 Å². The zero-order chi connectivity index (χ0) is 22.5. The Labute approximate surface area is 184 Å². The first-order chi connectivity index (χ1) is 15.0. The first-order valence-electron chi connectivity index (χ1n) is 11.1. The number of benzene rings is 2. The third kappa shape index (κ3) is 8.24. The van der Waals surface area contributed by atoms with Crippen molar-refractivity contribution < 1.29 is 14.4 Å². The molecule has 0 fully saturated rings. The molecule has 2 rings (SSSR count). The lowest BCUT2D eigenvalue weighted by Gasteiger charge is -2.12. The first kappa shape index (κ1) is 24.1. The fourth-order valence-corrected chi connectivity index (χ4v) is 3.15. The Morgan fingerprint density at radius 2 is 1.42 bits per heavy atom. The van der Waals surface area contributed by atoms with Gasteiger partial charge < -0.3 is 16.0 Å². The molecular weight excluding hydrogens is 390 g/mol. The van der Waals surface area contributed by atoms with Crippen LogP contribution in [0.25, 0.3) is 0 Å². The van der Waals surface area contributed by atoms with Gasteiger partial charge in [-0.05, 0) is 36.1 Å². The molecule has 3 amide bonds. The number of hydrogen-bond acceptors (Lipinski definition) is 3. The summed E-state index contributed by atoms with van der Waals surface area (Å²) in [6.07, 6.45) is 6.30. The highest BCUT2D eigenvalue weighted by Gasteiger charge is 2.17. The first-order valence-corrected chi connectivity index (χ1v) is 11.1. The molecule has 0 spiro atoms. The van der Waals surface area contributed by atoms with Gasteiger partial charge in [0.15, 0.2) is 0 Å². The van der Waals surface area contributed by atoms with Crippen molar-refractivity contribution in [1.82, 2.24) is 10.6 Å². The maximum Gasteiger partial charge on any atom is 0.313 e. The summed E-state index contributed by atoms with van der Waals surface area (Å²) in [5, 5.41) is 8.05. The number of para-hydroxylation sites is 1. The number of anilines is 1. The van der Waals surface area contributed by atoms with Crippen LogP contribution in [0.1, 0.15) is 67.4 Å². The number of carbonyl (C=O) groups excluding carboxylic acids is 3. The molecule has 6 heteroatoms. The molecule has 0 bridgehead atoms. The maximum absolute atomic E-state index is 12.6. The number of rotatable bonds is 11. The summed E-state index contributed by atoms with van der Waals surface area (Å²) in [7, 11) is 0. The van der Waals surface area contributed by atoms with Crippen molar-refractivity contribution in [2.24, 2.45) is 0 Å². The van der Waals surface area contributed by atoms with Gasteiger partial charge in [0.05, 0.1) is 11.3 Å². The largest absolute Gasteiger partial charge is 0.348 e. The van der Waals surface area contributed by atoms with Crippen molar-refractivity contribution >= 4 is 23.4 Å². The Kier molecular flexibility index (Phi) is 10.3. The molecule has 2 aromatic carbocycles. The van der Waals surface area contributed by atoms with E-state index in [2.05, 4.69) is 29.8 Å². The van der Waals surface area contributed by atoms with E-state index in [4.69, 9.17) is 0 Å². The van der Waals surface area contributed by atoms with Crippen molar-refractivity contribution in [3.63, 3.8) is 0 Å². The van der Waals surface area contributed by atoms with E-state index < -0.39 is 11.8 Å². The van der Waals surface area contributed by atoms with Crippen LogP contribution in [0.4, 0.5) is 5.69 Å². The SMILES string of the molecule is CCCCCCCNC(=O)C(=O)Nc1ccccc1C(=O)NCc1ccc(CC)cc1. The van der Waals surface area contributed by atoms with Crippen LogP contribution in [0.15, 0.2) is 48.5 Å². The lowest BCUT2D eigenvalue weighted by Crippen LogP contribution is -2.36. The molecule has 0 aliphatic carbocycles. The van der Waals surface area contributed by atoms with Gasteiger partial charge in [-0.2, -0.15) is 0 Å². The Bertz CT molecular complexity index is 863. The molecule has 0 aliphatic heterocycles. The van der Waals surface area contributed by atoms with E-state index in [0.29, 0.717) is 24.3 Å². The minimum atomic E-state index is -0.774. The fraction of sp³-hybridized carbons (Fsp3) is 0.400. The molecular formula is C25H33N3O3. The van der Waals surface area contributed by atoms with Crippen molar-refractivity contribution in [1.29, 1.82) is 0 Å². The summed E-state index contributed by atoms with van der Waals surface area (Å²) >= 11 is 0. The standard InChI is InChI=1S/C25H33N3O3/c1-3-5-6-7-10-17-26-24(30)25(31)28-22-12-9-8-11-21(22)23(29)27-18-20-15-13-19(4-2)14-16-20/h8-9,11-16H,3-7,10,17-18H2,1-2H3,(H,26,30)(H,27,29)(H,28,31).